The van der Waals surface area contributed by atoms with Crippen molar-refractivity contribution >= 4 is 11.6 Å². The Labute approximate surface area is 129 Å². The summed E-state index contributed by atoms with van der Waals surface area (Å²) < 4.78 is 5.17. The van der Waals surface area contributed by atoms with Gasteiger partial charge in [-0.2, -0.15) is 0 Å². The predicted molar refractivity (Wildman–Crippen MR) is 83.1 cm³/mol. The van der Waals surface area contributed by atoms with Gasteiger partial charge in [-0.3, -0.25) is 9.78 Å². The molecule has 114 valence electrons. The highest BCUT2D eigenvalue weighted by Gasteiger charge is 2.23. The van der Waals surface area contributed by atoms with Gasteiger partial charge < -0.3 is 14.5 Å². The average Bonchev–Trinajstić information content (AvgIpc) is 2.62. The molecule has 1 aliphatic rings. The van der Waals surface area contributed by atoms with E-state index in [1.807, 2.05) is 29.2 Å². The molecule has 0 N–H and O–H groups in total. The molecule has 1 fully saturated rings. The maximum absolute atomic E-state index is 12.3. The van der Waals surface area contributed by atoms with E-state index in [0.717, 1.165) is 24.5 Å². The number of nitrogens with zero attached hydrogens (tertiary/aromatic N) is 4. The molecule has 22 heavy (non-hydrogen) atoms. The molecule has 0 radical (unpaired) electrons. The number of ether oxygens (including phenoxy) is 1. The Balaban J connectivity index is 1.61. The number of rotatable bonds is 3. The van der Waals surface area contributed by atoms with Gasteiger partial charge in [-0.15, -0.1) is 0 Å². The summed E-state index contributed by atoms with van der Waals surface area (Å²) in [6, 6.07) is 7.98. The Morgan fingerprint density at radius 3 is 2.41 bits per heavy atom. The summed E-state index contributed by atoms with van der Waals surface area (Å²) in [6.45, 7) is 2.97. The topological polar surface area (TPSA) is 58.6 Å². The van der Waals surface area contributed by atoms with Crippen molar-refractivity contribution < 1.29 is 9.53 Å². The van der Waals surface area contributed by atoms with Crippen molar-refractivity contribution in [2.75, 3.05) is 38.2 Å². The highest BCUT2D eigenvalue weighted by molar-refractivity contribution is 5.92. The molecule has 1 aromatic heterocycles. The Morgan fingerprint density at radius 2 is 1.82 bits per heavy atom. The molecule has 6 heteroatoms. The summed E-state index contributed by atoms with van der Waals surface area (Å²) in [5.74, 6) is 0.794. The average molecular weight is 298 g/mol. The van der Waals surface area contributed by atoms with Gasteiger partial charge in [0.25, 0.3) is 5.91 Å². The van der Waals surface area contributed by atoms with Crippen LogP contribution >= 0.6 is 0 Å². The van der Waals surface area contributed by atoms with Gasteiger partial charge in [0.05, 0.1) is 13.3 Å². The van der Waals surface area contributed by atoms with Gasteiger partial charge in [0.2, 0.25) is 0 Å². The number of methoxy groups -OCH3 is 1. The van der Waals surface area contributed by atoms with Crippen molar-refractivity contribution in [2.45, 2.75) is 0 Å². The Bertz CT molecular complexity index is 622. The fraction of sp³-hybridized carbons (Fsp3) is 0.312. The van der Waals surface area contributed by atoms with Crippen LogP contribution in [0, 0.1) is 0 Å². The summed E-state index contributed by atoms with van der Waals surface area (Å²) in [7, 11) is 1.66. The maximum Gasteiger partial charge on any atom is 0.274 e. The predicted octanol–water partition coefficient (Wildman–Crippen LogP) is 1.45. The number of carbonyl (C=O) groups is 1. The zero-order valence-electron chi connectivity index (χ0n) is 12.5. The van der Waals surface area contributed by atoms with E-state index in [9.17, 15) is 4.79 Å². The largest absolute Gasteiger partial charge is 0.497 e. The first-order valence-corrected chi connectivity index (χ1v) is 7.22. The van der Waals surface area contributed by atoms with Crippen LogP contribution in [0.3, 0.4) is 0 Å². The highest BCUT2D eigenvalue weighted by atomic mass is 16.5. The summed E-state index contributed by atoms with van der Waals surface area (Å²) in [6.07, 6.45) is 4.62. The van der Waals surface area contributed by atoms with Crippen LogP contribution in [0.25, 0.3) is 0 Å². The molecular weight excluding hydrogens is 280 g/mol. The highest BCUT2D eigenvalue weighted by Crippen LogP contribution is 2.20. The van der Waals surface area contributed by atoms with E-state index < -0.39 is 0 Å². The first-order valence-electron chi connectivity index (χ1n) is 7.22. The minimum atomic E-state index is -0.0533. The van der Waals surface area contributed by atoms with Gasteiger partial charge in [-0.1, -0.05) is 0 Å². The first kappa shape index (κ1) is 14.3. The number of hydrogen-bond acceptors (Lipinski definition) is 5. The van der Waals surface area contributed by atoms with Gasteiger partial charge in [0, 0.05) is 44.3 Å². The van der Waals surface area contributed by atoms with E-state index in [-0.39, 0.29) is 5.91 Å². The van der Waals surface area contributed by atoms with Crippen molar-refractivity contribution in [1.82, 2.24) is 14.9 Å². The van der Waals surface area contributed by atoms with Crippen LogP contribution in [0.15, 0.2) is 42.9 Å². The smallest absolute Gasteiger partial charge is 0.274 e. The first-order chi connectivity index (χ1) is 10.8. The lowest BCUT2D eigenvalue weighted by molar-refractivity contribution is 0.0740. The van der Waals surface area contributed by atoms with Gasteiger partial charge in [0.15, 0.2) is 0 Å². The van der Waals surface area contributed by atoms with Crippen molar-refractivity contribution in [3.05, 3.63) is 48.5 Å². The monoisotopic (exact) mass is 298 g/mol. The van der Waals surface area contributed by atoms with E-state index in [1.54, 1.807) is 19.5 Å². The third-order valence-corrected chi connectivity index (χ3v) is 3.79. The molecule has 1 amide bonds. The van der Waals surface area contributed by atoms with Crippen molar-refractivity contribution in [3.8, 4) is 5.75 Å². The van der Waals surface area contributed by atoms with Crippen molar-refractivity contribution in [2.24, 2.45) is 0 Å². The number of anilines is 1. The molecule has 1 saturated heterocycles. The number of hydrogen-bond donors (Lipinski definition) is 0. The Hall–Kier alpha value is -2.63. The number of amides is 1. The van der Waals surface area contributed by atoms with E-state index >= 15 is 0 Å². The van der Waals surface area contributed by atoms with Crippen LogP contribution in [0.4, 0.5) is 5.69 Å². The number of benzene rings is 1. The third-order valence-electron chi connectivity index (χ3n) is 3.79. The Kier molecular flexibility index (Phi) is 4.18. The molecule has 0 unspecified atom stereocenters. The van der Waals surface area contributed by atoms with Crippen LogP contribution in [-0.2, 0) is 0 Å². The minimum Gasteiger partial charge on any atom is -0.497 e. The van der Waals surface area contributed by atoms with E-state index in [2.05, 4.69) is 14.9 Å². The van der Waals surface area contributed by atoms with E-state index in [4.69, 9.17) is 4.74 Å². The summed E-state index contributed by atoms with van der Waals surface area (Å²) >= 11 is 0. The molecule has 2 aromatic rings. The zero-order valence-corrected chi connectivity index (χ0v) is 12.5. The lowest BCUT2D eigenvalue weighted by Crippen LogP contribution is -2.49. The number of piperazine rings is 1. The van der Waals surface area contributed by atoms with Gasteiger partial charge >= 0.3 is 0 Å². The molecule has 0 atom stereocenters. The summed E-state index contributed by atoms with van der Waals surface area (Å²) in [5.41, 5.74) is 1.55. The normalized spacial score (nSPS) is 14.8. The second-order valence-corrected chi connectivity index (χ2v) is 5.07. The fourth-order valence-electron chi connectivity index (χ4n) is 2.53. The van der Waals surface area contributed by atoms with Crippen LogP contribution < -0.4 is 9.64 Å². The molecular formula is C16H18N4O2. The molecule has 0 bridgehead atoms. The van der Waals surface area contributed by atoms with Crippen LogP contribution in [-0.4, -0.2) is 54.1 Å². The second-order valence-electron chi connectivity index (χ2n) is 5.07. The van der Waals surface area contributed by atoms with Gasteiger partial charge in [0.1, 0.15) is 11.4 Å². The Morgan fingerprint density at radius 1 is 1.09 bits per heavy atom. The van der Waals surface area contributed by atoms with Crippen LogP contribution in [0.1, 0.15) is 10.5 Å². The molecule has 0 aliphatic carbocycles. The SMILES string of the molecule is COc1ccc(N2CCN(C(=O)c3cnccn3)CC2)cc1. The van der Waals surface area contributed by atoms with Gasteiger partial charge in [-0.05, 0) is 24.3 Å². The third kappa shape index (κ3) is 3.00. The molecule has 0 spiro atoms. The number of carbonyl (C=O) groups excluding carboxylic acids is 1. The second kappa shape index (κ2) is 6.43. The molecule has 3 rings (SSSR count). The summed E-state index contributed by atoms with van der Waals surface area (Å²) in [5, 5.41) is 0. The summed E-state index contributed by atoms with van der Waals surface area (Å²) in [4.78, 5) is 24.4. The fourth-order valence-corrected chi connectivity index (χ4v) is 2.53. The van der Waals surface area contributed by atoms with Crippen LogP contribution in [0.2, 0.25) is 0 Å². The molecule has 1 aliphatic heterocycles. The molecule has 2 heterocycles. The maximum atomic E-state index is 12.3. The molecule has 6 nitrogen and oxygen atoms in total. The lowest BCUT2D eigenvalue weighted by atomic mass is 10.2. The molecule has 1 aromatic carbocycles. The number of aromatic nitrogens is 2. The van der Waals surface area contributed by atoms with Crippen molar-refractivity contribution in [1.29, 1.82) is 0 Å². The van der Waals surface area contributed by atoms with Crippen molar-refractivity contribution in [3.63, 3.8) is 0 Å². The molecule has 0 saturated carbocycles. The van der Waals surface area contributed by atoms with E-state index in [0.29, 0.717) is 18.8 Å². The quantitative estimate of drug-likeness (QED) is 0.858. The van der Waals surface area contributed by atoms with Crippen LogP contribution in [0.5, 0.6) is 5.75 Å². The standard InChI is InChI=1S/C16H18N4O2/c1-22-14-4-2-13(3-5-14)19-8-10-20(11-9-19)16(21)15-12-17-6-7-18-15/h2-7,12H,8-11H2,1H3. The van der Waals surface area contributed by atoms with E-state index in [1.165, 1.54) is 6.20 Å². The minimum absolute atomic E-state index is 0.0533. The lowest BCUT2D eigenvalue weighted by Gasteiger charge is -2.36. The zero-order chi connectivity index (χ0) is 15.4. The van der Waals surface area contributed by atoms with Gasteiger partial charge in [-0.25, -0.2) is 4.98 Å².